The highest BCUT2D eigenvalue weighted by Crippen LogP contribution is 2.46. The Balaban J connectivity index is 1.50. The van der Waals surface area contributed by atoms with Gasteiger partial charge in [0.25, 0.3) is 0 Å². The molecule has 4 aliphatic rings. The van der Waals surface area contributed by atoms with Crippen LogP contribution in [0.2, 0.25) is 0 Å². The molecule has 1 fully saturated rings. The predicted octanol–water partition coefficient (Wildman–Crippen LogP) is 2.96. The number of anilines is 2. The van der Waals surface area contributed by atoms with Crippen LogP contribution in [0.5, 0.6) is 11.5 Å². The second-order valence-electron chi connectivity index (χ2n) is 9.93. The van der Waals surface area contributed by atoms with Crippen molar-refractivity contribution < 1.29 is 24.5 Å². The Labute approximate surface area is 219 Å². The van der Waals surface area contributed by atoms with E-state index in [2.05, 4.69) is 11.0 Å². The molecule has 9 nitrogen and oxygen atoms in total. The van der Waals surface area contributed by atoms with Crippen LogP contribution in [0.1, 0.15) is 26.3 Å². The van der Waals surface area contributed by atoms with E-state index in [0.717, 1.165) is 13.1 Å². The number of hydrogen-bond donors (Lipinski definition) is 2. The highest BCUT2D eigenvalue weighted by molar-refractivity contribution is 6.29. The smallest absolute Gasteiger partial charge is 0.234 e. The van der Waals surface area contributed by atoms with Gasteiger partial charge in [0.2, 0.25) is 11.6 Å². The van der Waals surface area contributed by atoms with Crippen molar-refractivity contribution in [3.63, 3.8) is 0 Å². The number of piperazine rings is 1. The van der Waals surface area contributed by atoms with Crippen molar-refractivity contribution in [2.24, 2.45) is 5.92 Å². The van der Waals surface area contributed by atoms with Crippen LogP contribution in [0.25, 0.3) is 0 Å². The van der Waals surface area contributed by atoms with Gasteiger partial charge in [-0.2, -0.15) is 5.26 Å². The minimum absolute atomic E-state index is 0.00505. The van der Waals surface area contributed by atoms with Crippen molar-refractivity contribution >= 4 is 22.9 Å². The lowest BCUT2D eigenvalue weighted by Crippen LogP contribution is -2.44. The van der Waals surface area contributed by atoms with Crippen LogP contribution in [0.15, 0.2) is 66.1 Å². The van der Waals surface area contributed by atoms with Crippen LogP contribution in [-0.2, 0) is 4.74 Å². The summed E-state index contributed by atoms with van der Waals surface area (Å²) < 4.78 is 6.21. The fourth-order valence-electron chi connectivity index (χ4n) is 5.49. The maximum atomic E-state index is 14.1. The van der Waals surface area contributed by atoms with E-state index in [-0.39, 0.29) is 40.0 Å². The average molecular weight is 511 g/mol. The number of ether oxygens (including phenoxy) is 1. The van der Waals surface area contributed by atoms with Crippen LogP contribution in [0.3, 0.4) is 0 Å². The number of phenols is 2. The molecule has 38 heavy (non-hydrogen) atoms. The molecule has 0 amide bonds. The molecule has 192 valence electrons. The number of benzene rings is 2. The summed E-state index contributed by atoms with van der Waals surface area (Å²) in [5.74, 6) is -2.29. The van der Waals surface area contributed by atoms with E-state index in [9.17, 15) is 25.1 Å². The summed E-state index contributed by atoms with van der Waals surface area (Å²) in [5, 5.41) is 31.6. The summed E-state index contributed by atoms with van der Waals surface area (Å²) in [6.07, 6.45) is 7.02. The van der Waals surface area contributed by atoms with E-state index in [1.807, 2.05) is 36.3 Å². The van der Waals surface area contributed by atoms with Gasteiger partial charge in [0.15, 0.2) is 11.5 Å². The van der Waals surface area contributed by atoms with Gasteiger partial charge in [-0.15, -0.1) is 0 Å². The Bertz CT molecular complexity index is 1480. The molecule has 2 heterocycles. The molecule has 2 unspecified atom stereocenters. The SMILES string of the molecule is CN1CCN(c2cc(O)c3c(c2O)C(=O)C2=C(C3=O)N(c3ccc(C#N)cc3)CC3C=CC=CC3O2)CC1. The summed E-state index contributed by atoms with van der Waals surface area (Å²) in [6.45, 7) is 3.04. The van der Waals surface area contributed by atoms with Gasteiger partial charge in [-0.3, -0.25) is 9.59 Å². The maximum Gasteiger partial charge on any atom is 0.234 e. The number of aromatic hydroxyl groups is 2. The first-order chi connectivity index (χ1) is 18.4. The van der Waals surface area contributed by atoms with E-state index >= 15 is 0 Å². The number of carbonyl (C=O) groups is 2. The van der Waals surface area contributed by atoms with Crippen LogP contribution in [0, 0.1) is 17.2 Å². The van der Waals surface area contributed by atoms with Gasteiger partial charge in [0.1, 0.15) is 17.6 Å². The predicted molar refractivity (Wildman–Crippen MR) is 140 cm³/mol. The number of fused-ring (bicyclic) bond motifs is 2. The molecule has 6 rings (SSSR count). The van der Waals surface area contributed by atoms with Crippen molar-refractivity contribution in [3.05, 3.63) is 82.8 Å². The van der Waals surface area contributed by atoms with E-state index in [1.54, 1.807) is 29.2 Å². The number of phenolic OH excluding ortho intramolecular Hbond substituents is 2. The maximum absolute atomic E-state index is 14.1. The first kappa shape index (κ1) is 23.8. The van der Waals surface area contributed by atoms with E-state index in [0.29, 0.717) is 36.6 Å². The molecule has 2 aromatic rings. The zero-order valence-electron chi connectivity index (χ0n) is 20.8. The molecule has 0 bridgehead atoms. The fourth-order valence-corrected chi connectivity index (χ4v) is 5.49. The third kappa shape index (κ3) is 3.73. The fraction of sp³-hybridized carbons (Fsp3) is 0.276. The third-order valence-corrected chi connectivity index (χ3v) is 7.61. The van der Waals surface area contributed by atoms with Crippen LogP contribution < -0.4 is 9.80 Å². The molecule has 2 aliphatic carbocycles. The quantitative estimate of drug-likeness (QED) is 0.588. The van der Waals surface area contributed by atoms with Crippen molar-refractivity contribution in [1.82, 2.24) is 4.90 Å². The lowest BCUT2D eigenvalue weighted by Gasteiger charge is -2.35. The number of hydrogen-bond acceptors (Lipinski definition) is 9. The Morgan fingerprint density at radius 1 is 0.974 bits per heavy atom. The van der Waals surface area contributed by atoms with Gasteiger partial charge in [0.05, 0.1) is 28.4 Å². The summed E-state index contributed by atoms with van der Waals surface area (Å²) in [6, 6.07) is 10.2. The van der Waals surface area contributed by atoms with Crippen LogP contribution in [-0.4, -0.2) is 72.6 Å². The number of carbonyl (C=O) groups excluding carboxylic acids is 2. The Hall–Kier alpha value is -4.55. The number of Topliss-reactive ketones (excluding diaryl/α,β-unsaturated/α-hetero) is 2. The summed E-state index contributed by atoms with van der Waals surface area (Å²) >= 11 is 0. The third-order valence-electron chi connectivity index (χ3n) is 7.61. The number of rotatable bonds is 2. The van der Waals surface area contributed by atoms with Crippen LogP contribution in [0.4, 0.5) is 11.4 Å². The van der Waals surface area contributed by atoms with Gasteiger partial charge in [0, 0.05) is 50.4 Å². The van der Waals surface area contributed by atoms with Gasteiger partial charge in [-0.05, 0) is 37.4 Å². The first-order valence-corrected chi connectivity index (χ1v) is 12.5. The van der Waals surface area contributed by atoms with Crippen molar-refractivity contribution in [3.8, 4) is 17.6 Å². The van der Waals surface area contributed by atoms with Crippen LogP contribution >= 0.6 is 0 Å². The second-order valence-corrected chi connectivity index (χ2v) is 9.93. The minimum atomic E-state index is -0.652. The Kier molecular flexibility index (Phi) is 5.69. The van der Waals surface area contributed by atoms with E-state index in [4.69, 9.17) is 4.74 Å². The van der Waals surface area contributed by atoms with Crippen molar-refractivity contribution in [1.29, 1.82) is 5.26 Å². The molecule has 0 saturated carbocycles. The lowest BCUT2D eigenvalue weighted by molar-refractivity contribution is 0.0772. The highest BCUT2D eigenvalue weighted by Gasteiger charge is 2.45. The second kappa shape index (κ2) is 9.08. The summed E-state index contributed by atoms with van der Waals surface area (Å²) in [7, 11) is 2.00. The normalized spacial score (nSPS) is 22.8. The number of likely N-dealkylation sites (N-methyl/N-ethyl adjacent to an activating group) is 1. The molecule has 2 N–H and O–H groups in total. The van der Waals surface area contributed by atoms with Gasteiger partial charge < -0.3 is 29.6 Å². The monoisotopic (exact) mass is 510 g/mol. The Morgan fingerprint density at radius 3 is 2.39 bits per heavy atom. The molecule has 2 aromatic carbocycles. The highest BCUT2D eigenvalue weighted by atomic mass is 16.5. The molecular formula is C29H26N4O5. The Morgan fingerprint density at radius 2 is 1.68 bits per heavy atom. The number of nitriles is 1. The molecular weight excluding hydrogens is 484 g/mol. The summed E-state index contributed by atoms with van der Waals surface area (Å²) in [4.78, 5) is 33.8. The minimum Gasteiger partial charge on any atom is -0.507 e. The van der Waals surface area contributed by atoms with E-state index in [1.165, 1.54) is 6.07 Å². The molecule has 1 saturated heterocycles. The topological polar surface area (TPSA) is 117 Å². The van der Waals surface area contributed by atoms with Gasteiger partial charge >= 0.3 is 0 Å². The van der Waals surface area contributed by atoms with Crippen molar-refractivity contribution in [2.45, 2.75) is 6.10 Å². The van der Waals surface area contributed by atoms with Crippen molar-refractivity contribution in [2.75, 3.05) is 49.6 Å². The van der Waals surface area contributed by atoms with Gasteiger partial charge in [-0.25, -0.2) is 0 Å². The zero-order valence-corrected chi connectivity index (χ0v) is 20.8. The number of allylic oxidation sites excluding steroid dienone is 4. The molecule has 9 heteroatoms. The molecule has 2 aliphatic heterocycles. The summed E-state index contributed by atoms with van der Waals surface area (Å²) in [5.41, 5.74) is 0.911. The zero-order chi connectivity index (χ0) is 26.6. The average Bonchev–Trinajstić information content (AvgIpc) is 3.11. The number of nitrogens with zero attached hydrogens (tertiary/aromatic N) is 4. The molecule has 2 atom stereocenters. The largest absolute Gasteiger partial charge is 0.507 e. The molecule has 0 aromatic heterocycles. The van der Waals surface area contributed by atoms with Gasteiger partial charge in [-0.1, -0.05) is 18.2 Å². The number of ketones is 2. The molecule has 0 spiro atoms. The lowest BCUT2D eigenvalue weighted by atomic mass is 9.88. The standard InChI is InChI=1S/C29H26N4O5/c1-31-10-12-32(13-11-31)20-14-21(34)23-24(26(20)35)28(37)29-25(27(23)36)33(19-8-6-17(15-30)7-9-19)16-18-4-2-3-5-22(18)38-29/h2-9,14,18,22,34-35H,10-13,16H2,1H3. The molecule has 0 radical (unpaired) electrons. The van der Waals surface area contributed by atoms with E-state index < -0.39 is 17.7 Å². The first-order valence-electron chi connectivity index (χ1n) is 12.5.